The van der Waals surface area contributed by atoms with E-state index < -0.39 is 10.0 Å². The summed E-state index contributed by atoms with van der Waals surface area (Å²) in [7, 11) is -1.94. The second-order valence-electron chi connectivity index (χ2n) is 6.68. The number of rotatable bonds is 4. The number of nitrogens with zero attached hydrogens (tertiary/aromatic N) is 2. The van der Waals surface area contributed by atoms with Gasteiger partial charge in [-0.25, -0.2) is 8.42 Å². The van der Waals surface area contributed by atoms with Crippen LogP contribution >= 0.6 is 34.5 Å². The molecule has 1 aromatic heterocycles. The molecule has 0 spiro atoms. The molecule has 1 aromatic rings. The number of likely N-dealkylation sites (N-methyl/N-ethyl adjacent to an activating group) is 1. The summed E-state index contributed by atoms with van der Waals surface area (Å²) >= 11 is 12.8. The van der Waals surface area contributed by atoms with Gasteiger partial charge in [0.1, 0.15) is 8.55 Å². The van der Waals surface area contributed by atoms with Crippen molar-refractivity contribution >= 4 is 44.6 Å². The van der Waals surface area contributed by atoms with Crippen molar-refractivity contribution in [3.63, 3.8) is 0 Å². The lowest BCUT2D eigenvalue weighted by molar-refractivity contribution is 0.153. The Morgan fingerprint density at radius 3 is 2.50 bits per heavy atom. The van der Waals surface area contributed by atoms with Gasteiger partial charge in [0.25, 0.3) is 10.0 Å². The van der Waals surface area contributed by atoms with E-state index in [1.807, 2.05) is 6.08 Å². The van der Waals surface area contributed by atoms with Crippen LogP contribution in [-0.2, 0) is 10.0 Å². The van der Waals surface area contributed by atoms with Gasteiger partial charge in [-0.15, -0.1) is 11.3 Å². The minimum absolute atomic E-state index is 0.126. The van der Waals surface area contributed by atoms with E-state index in [1.54, 1.807) is 7.05 Å². The fraction of sp³-hybridized carbons (Fsp3) is 0.625. The minimum atomic E-state index is -3.57. The van der Waals surface area contributed by atoms with Gasteiger partial charge in [-0.1, -0.05) is 42.3 Å². The third-order valence-corrected chi connectivity index (χ3v) is 9.25. The molecule has 8 heteroatoms. The highest BCUT2D eigenvalue weighted by molar-refractivity contribution is 7.91. The number of hydrogen-bond acceptors (Lipinski definition) is 4. The average Bonchev–Trinajstić information content (AvgIpc) is 3.15. The van der Waals surface area contributed by atoms with E-state index >= 15 is 0 Å². The van der Waals surface area contributed by atoms with Crippen LogP contribution in [-0.4, -0.2) is 49.8 Å². The fourth-order valence-electron chi connectivity index (χ4n) is 3.34. The van der Waals surface area contributed by atoms with Crippen molar-refractivity contribution in [3.05, 3.63) is 27.6 Å². The monoisotopic (exact) mass is 408 g/mol. The SMILES string of the molecule is CC1CCN(C2C=CC(N(C)S(=O)(=O)c3cc(Cl)c(Cl)s3)C2)CC1. The molecule has 0 aromatic carbocycles. The lowest BCUT2D eigenvalue weighted by atomic mass is 9.97. The van der Waals surface area contributed by atoms with Gasteiger partial charge in [-0.2, -0.15) is 4.31 Å². The Labute approximate surface area is 158 Å². The first-order chi connectivity index (χ1) is 11.3. The highest BCUT2D eigenvalue weighted by Crippen LogP contribution is 2.37. The van der Waals surface area contributed by atoms with E-state index in [-0.39, 0.29) is 15.3 Å². The van der Waals surface area contributed by atoms with Gasteiger partial charge in [0.2, 0.25) is 0 Å². The van der Waals surface area contributed by atoms with E-state index in [1.165, 1.54) is 23.2 Å². The molecular formula is C16H22Cl2N2O2S2. The summed E-state index contributed by atoms with van der Waals surface area (Å²) in [4.78, 5) is 2.47. The summed E-state index contributed by atoms with van der Waals surface area (Å²) in [5.41, 5.74) is 0. The molecule has 2 aliphatic rings. The Morgan fingerprint density at radius 2 is 1.92 bits per heavy atom. The Kier molecular flexibility index (Phi) is 5.64. The summed E-state index contributed by atoms with van der Waals surface area (Å²) in [5, 5.41) is 0.288. The quantitative estimate of drug-likeness (QED) is 0.703. The molecule has 2 unspecified atom stereocenters. The van der Waals surface area contributed by atoms with Crippen molar-refractivity contribution in [3.8, 4) is 0 Å². The molecular weight excluding hydrogens is 387 g/mol. The summed E-state index contributed by atoms with van der Waals surface area (Å²) in [6, 6.07) is 1.64. The molecule has 0 saturated carbocycles. The zero-order valence-electron chi connectivity index (χ0n) is 13.8. The first-order valence-corrected chi connectivity index (χ1v) is 11.2. The van der Waals surface area contributed by atoms with Crippen LogP contribution in [0.15, 0.2) is 22.4 Å². The maximum atomic E-state index is 12.8. The van der Waals surface area contributed by atoms with Crippen molar-refractivity contribution in [2.24, 2.45) is 5.92 Å². The lowest BCUT2D eigenvalue weighted by Crippen LogP contribution is -2.42. The molecule has 0 amide bonds. The molecule has 1 aliphatic heterocycles. The zero-order chi connectivity index (χ0) is 17.5. The van der Waals surface area contributed by atoms with E-state index in [4.69, 9.17) is 23.2 Å². The van der Waals surface area contributed by atoms with E-state index in [9.17, 15) is 8.42 Å². The largest absolute Gasteiger partial charge is 0.297 e. The number of piperidine rings is 1. The maximum absolute atomic E-state index is 12.8. The van der Waals surface area contributed by atoms with Crippen molar-refractivity contribution in [1.82, 2.24) is 9.21 Å². The molecule has 1 fully saturated rings. The molecule has 134 valence electrons. The van der Waals surface area contributed by atoms with Gasteiger partial charge < -0.3 is 0 Å². The Balaban J connectivity index is 1.68. The summed E-state index contributed by atoms with van der Waals surface area (Å²) in [5.74, 6) is 0.791. The zero-order valence-corrected chi connectivity index (χ0v) is 16.9. The summed E-state index contributed by atoms with van der Waals surface area (Å²) in [6.07, 6.45) is 7.40. The summed E-state index contributed by atoms with van der Waals surface area (Å²) in [6.45, 7) is 4.48. The Morgan fingerprint density at radius 1 is 1.25 bits per heavy atom. The van der Waals surface area contributed by atoms with Gasteiger partial charge in [0.05, 0.1) is 5.02 Å². The molecule has 4 nitrogen and oxygen atoms in total. The molecule has 0 radical (unpaired) electrons. The molecule has 0 N–H and O–H groups in total. The average molecular weight is 409 g/mol. The number of thiophene rings is 1. The normalized spacial score (nSPS) is 26.5. The number of halogens is 2. The van der Waals surface area contributed by atoms with Crippen LogP contribution in [0.3, 0.4) is 0 Å². The van der Waals surface area contributed by atoms with Crippen molar-refractivity contribution < 1.29 is 8.42 Å². The van der Waals surface area contributed by atoms with Crippen molar-refractivity contribution in [2.45, 2.75) is 42.5 Å². The highest BCUT2D eigenvalue weighted by Gasteiger charge is 2.34. The van der Waals surface area contributed by atoms with Crippen LogP contribution in [0.25, 0.3) is 0 Å². The fourth-order valence-corrected chi connectivity index (χ4v) is 6.73. The number of hydrogen-bond donors (Lipinski definition) is 0. The molecule has 1 saturated heterocycles. The van der Waals surface area contributed by atoms with Crippen LogP contribution in [0.1, 0.15) is 26.2 Å². The molecule has 24 heavy (non-hydrogen) atoms. The van der Waals surface area contributed by atoms with Gasteiger partial charge >= 0.3 is 0 Å². The predicted octanol–water partition coefficient (Wildman–Crippen LogP) is 4.10. The Bertz CT molecular complexity index is 705. The lowest BCUT2D eigenvalue weighted by Gasteiger charge is -2.35. The second-order valence-corrected chi connectivity index (χ2v) is 11.0. The predicted molar refractivity (Wildman–Crippen MR) is 101 cm³/mol. The van der Waals surface area contributed by atoms with E-state index in [0.717, 1.165) is 36.8 Å². The van der Waals surface area contributed by atoms with Crippen LogP contribution in [0.2, 0.25) is 9.36 Å². The first kappa shape index (κ1) is 18.7. The van der Waals surface area contributed by atoms with Crippen molar-refractivity contribution in [2.75, 3.05) is 20.1 Å². The molecule has 3 rings (SSSR count). The van der Waals surface area contributed by atoms with Crippen LogP contribution in [0.5, 0.6) is 0 Å². The molecule has 1 aliphatic carbocycles. The third kappa shape index (κ3) is 3.69. The van der Waals surface area contributed by atoms with Gasteiger partial charge in [-0.05, 0) is 44.3 Å². The van der Waals surface area contributed by atoms with Crippen LogP contribution < -0.4 is 0 Å². The number of likely N-dealkylation sites (tertiary alicyclic amines) is 1. The highest BCUT2D eigenvalue weighted by atomic mass is 35.5. The standard InChI is InChI=1S/C16H22Cl2N2O2S2/c1-11-5-7-20(8-6-11)13-4-3-12(9-13)19(2)24(21,22)15-10-14(17)16(18)23-15/h3-4,10-13H,5-9H2,1-2H3. The van der Waals surface area contributed by atoms with Crippen LogP contribution in [0.4, 0.5) is 0 Å². The topological polar surface area (TPSA) is 40.6 Å². The summed E-state index contributed by atoms with van der Waals surface area (Å²) < 4.78 is 27.5. The first-order valence-electron chi connectivity index (χ1n) is 8.14. The molecule has 2 atom stereocenters. The second kappa shape index (κ2) is 7.25. The van der Waals surface area contributed by atoms with Crippen LogP contribution in [0, 0.1) is 5.92 Å². The third-order valence-electron chi connectivity index (χ3n) is 5.05. The Hall–Kier alpha value is -0.110. The maximum Gasteiger partial charge on any atom is 0.252 e. The van der Waals surface area contributed by atoms with Gasteiger partial charge in [0, 0.05) is 19.1 Å². The smallest absolute Gasteiger partial charge is 0.252 e. The molecule has 0 bridgehead atoms. The number of sulfonamides is 1. The van der Waals surface area contributed by atoms with Crippen molar-refractivity contribution in [1.29, 1.82) is 0 Å². The van der Waals surface area contributed by atoms with E-state index in [2.05, 4.69) is 17.9 Å². The molecule has 2 heterocycles. The van der Waals surface area contributed by atoms with Gasteiger partial charge in [-0.3, -0.25) is 4.90 Å². The van der Waals surface area contributed by atoms with Gasteiger partial charge in [0.15, 0.2) is 0 Å². The minimum Gasteiger partial charge on any atom is -0.297 e. The van der Waals surface area contributed by atoms with E-state index in [0.29, 0.717) is 10.4 Å².